The molecular weight excluding hydrogens is 268 g/mol. The second-order valence-corrected chi connectivity index (χ2v) is 5.24. The summed E-state index contributed by atoms with van der Waals surface area (Å²) in [6.45, 7) is 2.88. The zero-order valence-corrected chi connectivity index (χ0v) is 11.9. The number of anilines is 1. The average Bonchev–Trinajstić information content (AvgIpc) is 3.08. The van der Waals surface area contributed by atoms with Gasteiger partial charge in [-0.25, -0.2) is 9.48 Å². The molecule has 0 bridgehead atoms. The van der Waals surface area contributed by atoms with Gasteiger partial charge in [-0.1, -0.05) is 12.1 Å². The molecule has 3 rings (SSSR count). The van der Waals surface area contributed by atoms with E-state index in [0.717, 1.165) is 11.4 Å². The number of carbonyl (C=O) groups is 1. The predicted molar refractivity (Wildman–Crippen MR) is 79.5 cm³/mol. The number of hydrogen-bond acceptors (Lipinski definition) is 3. The minimum absolute atomic E-state index is 0.192. The predicted octanol–water partition coefficient (Wildman–Crippen LogP) is 1.78. The summed E-state index contributed by atoms with van der Waals surface area (Å²) >= 11 is 0. The number of para-hydroxylation sites is 2. The Balaban J connectivity index is 1.81. The fourth-order valence-corrected chi connectivity index (χ4v) is 2.45. The highest BCUT2D eigenvalue weighted by molar-refractivity contribution is 5.91. The summed E-state index contributed by atoms with van der Waals surface area (Å²) < 4.78 is 1.74. The Kier molecular flexibility index (Phi) is 3.62. The van der Waals surface area contributed by atoms with Crippen molar-refractivity contribution in [3.05, 3.63) is 42.2 Å². The van der Waals surface area contributed by atoms with Gasteiger partial charge in [0.2, 0.25) is 0 Å². The fraction of sp³-hybridized carbons (Fsp3) is 0.333. The van der Waals surface area contributed by atoms with Crippen LogP contribution in [0.3, 0.4) is 0 Å². The molecule has 0 saturated carbocycles. The van der Waals surface area contributed by atoms with Crippen molar-refractivity contribution in [3.8, 4) is 5.69 Å². The number of nitrogens with zero attached hydrogens (tertiary/aromatic N) is 3. The van der Waals surface area contributed by atoms with Gasteiger partial charge in [-0.15, -0.1) is 0 Å². The van der Waals surface area contributed by atoms with Crippen LogP contribution < -0.4 is 5.32 Å². The Morgan fingerprint density at radius 1 is 1.38 bits per heavy atom. The highest BCUT2D eigenvalue weighted by Gasteiger charge is 2.24. The van der Waals surface area contributed by atoms with Crippen molar-refractivity contribution in [1.29, 1.82) is 0 Å². The lowest BCUT2D eigenvalue weighted by Crippen LogP contribution is -2.33. The number of likely N-dealkylation sites (tertiary alicyclic amines) is 1. The Bertz CT molecular complexity index is 653. The molecule has 2 amide bonds. The number of rotatable bonds is 2. The summed E-state index contributed by atoms with van der Waals surface area (Å²) in [5, 5.41) is 16.8. The number of β-amino-alcohol motifs (C(OH)–C–C–N with tert-alkyl or cyclic N) is 1. The van der Waals surface area contributed by atoms with Crippen LogP contribution in [-0.2, 0) is 0 Å². The third-order valence-corrected chi connectivity index (χ3v) is 3.57. The van der Waals surface area contributed by atoms with Crippen molar-refractivity contribution in [3.63, 3.8) is 0 Å². The number of aromatic nitrogens is 2. The van der Waals surface area contributed by atoms with E-state index in [0.29, 0.717) is 25.2 Å². The summed E-state index contributed by atoms with van der Waals surface area (Å²) in [5.74, 6) is 0. The molecule has 110 valence electrons. The summed E-state index contributed by atoms with van der Waals surface area (Å²) in [5.41, 5.74) is 2.43. The zero-order chi connectivity index (χ0) is 14.8. The van der Waals surface area contributed by atoms with Crippen LogP contribution in [0.15, 0.2) is 36.5 Å². The van der Waals surface area contributed by atoms with Crippen LogP contribution in [0.4, 0.5) is 10.5 Å². The van der Waals surface area contributed by atoms with E-state index in [9.17, 15) is 9.90 Å². The molecule has 1 aromatic carbocycles. The molecule has 2 aromatic rings. The maximum Gasteiger partial charge on any atom is 0.321 e. The number of urea groups is 1. The summed E-state index contributed by atoms with van der Waals surface area (Å²) in [6, 6.07) is 9.24. The summed E-state index contributed by atoms with van der Waals surface area (Å²) in [7, 11) is 0. The third-order valence-electron chi connectivity index (χ3n) is 3.57. The molecule has 0 unspecified atom stereocenters. The van der Waals surface area contributed by atoms with Crippen LogP contribution in [-0.4, -0.2) is 45.0 Å². The number of benzene rings is 1. The van der Waals surface area contributed by atoms with Crippen LogP contribution >= 0.6 is 0 Å². The molecule has 21 heavy (non-hydrogen) atoms. The van der Waals surface area contributed by atoms with Crippen LogP contribution in [0.1, 0.15) is 12.1 Å². The highest BCUT2D eigenvalue weighted by atomic mass is 16.3. The fourth-order valence-electron chi connectivity index (χ4n) is 2.45. The minimum atomic E-state index is -0.417. The van der Waals surface area contributed by atoms with Gasteiger partial charge in [0.1, 0.15) is 0 Å². The van der Waals surface area contributed by atoms with Crippen LogP contribution in [0.2, 0.25) is 0 Å². The molecule has 2 heterocycles. The number of carbonyl (C=O) groups excluding carboxylic acids is 1. The van der Waals surface area contributed by atoms with Gasteiger partial charge >= 0.3 is 6.03 Å². The zero-order valence-electron chi connectivity index (χ0n) is 11.9. The highest BCUT2D eigenvalue weighted by Crippen LogP contribution is 2.21. The molecule has 0 spiro atoms. The van der Waals surface area contributed by atoms with Gasteiger partial charge in [0.05, 0.1) is 23.2 Å². The first-order valence-electron chi connectivity index (χ1n) is 6.99. The van der Waals surface area contributed by atoms with E-state index in [4.69, 9.17) is 0 Å². The Hall–Kier alpha value is -2.34. The number of amides is 2. The summed E-state index contributed by atoms with van der Waals surface area (Å²) in [4.78, 5) is 13.8. The van der Waals surface area contributed by atoms with Gasteiger partial charge in [0, 0.05) is 19.3 Å². The molecule has 1 atom stereocenters. The topological polar surface area (TPSA) is 70.4 Å². The van der Waals surface area contributed by atoms with Gasteiger partial charge in [-0.2, -0.15) is 5.10 Å². The Morgan fingerprint density at radius 3 is 2.86 bits per heavy atom. The molecule has 2 N–H and O–H groups in total. The van der Waals surface area contributed by atoms with E-state index in [2.05, 4.69) is 10.4 Å². The van der Waals surface area contributed by atoms with Crippen LogP contribution in [0, 0.1) is 6.92 Å². The quantitative estimate of drug-likeness (QED) is 0.884. The standard InChI is InChI=1S/C15H18N4O2/c1-11-6-9-19(17-11)14-5-3-2-4-13(14)16-15(21)18-8-7-12(20)10-18/h2-6,9,12,20H,7-8,10H2,1H3,(H,16,21)/t12-/m0/s1. The molecule has 0 aliphatic carbocycles. The van der Waals surface area contributed by atoms with Gasteiger partial charge in [-0.05, 0) is 31.5 Å². The first-order chi connectivity index (χ1) is 10.1. The van der Waals surface area contributed by atoms with E-state index in [1.165, 1.54) is 0 Å². The normalized spacial score (nSPS) is 18.0. The number of aliphatic hydroxyl groups is 1. The number of nitrogens with one attached hydrogen (secondary N) is 1. The molecule has 1 aliphatic rings. The molecule has 6 nitrogen and oxygen atoms in total. The lowest BCUT2D eigenvalue weighted by molar-refractivity contribution is 0.176. The van der Waals surface area contributed by atoms with Crippen molar-refractivity contribution in [2.75, 3.05) is 18.4 Å². The second kappa shape index (κ2) is 5.57. The summed E-state index contributed by atoms with van der Waals surface area (Å²) in [6.07, 6.45) is 2.08. The first kappa shape index (κ1) is 13.6. The van der Waals surface area contributed by atoms with Gasteiger partial charge in [0.25, 0.3) is 0 Å². The monoisotopic (exact) mass is 286 g/mol. The number of aryl methyl sites for hydroxylation is 1. The maximum absolute atomic E-state index is 12.2. The molecule has 1 aromatic heterocycles. The van der Waals surface area contributed by atoms with Crippen molar-refractivity contribution in [2.45, 2.75) is 19.4 Å². The Morgan fingerprint density at radius 2 is 2.19 bits per heavy atom. The number of aliphatic hydroxyl groups excluding tert-OH is 1. The molecular formula is C15H18N4O2. The molecule has 1 saturated heterocycles. The first-order valence-corrected chi connectivity index (χ1v) is 6.99. The third kappa shape index (κ3) is 2.90. The lowest BCUT2D eigenvalue weighted by Gasteiger charge is -2.18. The van der Waals surface area contributed by atoms with E-state index in [-0.39, 0.29) is 6.03 Å². The van der Waals surface area contributed by atoms with Gasteiger partial charge in [0.15, 0.2) is 0 Å². The SMILES string of the molecule is Cc1ccn(-c2ccccc2NC(=O)N2CC[C@H](O)C2)n1. The van der Waals surface area contributed by atoms with Crippen molar-refractivity contribution < 1.29 is 9.90 Å². The van der Waals surface area contributed by atoms with Crippen molar-refractivity contribution in [2.24, 2.45) is 0 Å². The van der Waals surface area contributed by atoms with Crippen molar-refractivity contribution >= 4 is 11.7 Å². The molecule has 1 aliphatic heterocycles. The molecule has 1 fully saturated rings. The lowest BCUT2D eigenvalue weighted by atomic mass is 10.2. The van der Waals surface area contributed by atoms with E-state index < -0.39 is 6.10 Å². The van der Waals surface area contributed by atoms with Gasteiger partial charge in [-0.3, -0.25) is 0 Å². The average molecular weight is 286 g/mol. The smallest absolute Gasteiger partial charge is 0.321 e. The minimum Gasteiger partial charge on any atom is -0.391 e. The molecule has 0 radical (unpaired) electrons. The largest absolute Gasteiger partial charge is 0.391 e. The maximum atomic E-state index is 12.2. The van der Waals surface area contributed by atoms with Crippen molar-refractivity contribution in [1.82, 2.24) is 14.7 Å². The van der Waals surface area contributed by atoms with E-state index in [1.807, 2.05) is 43.5 Å². The second-order valence-electron chi connectivity index (χ2n) is 5.24. The van der Waals surface area contributed by atoms with E-state index >= 15 is 0 Å². The Labute approximate surface area is 123 Å². The molecule has 6 heteroatoms. The van der Waals surface area contributed by atoms with E-state index in [1.54, 1.807) is 9.58 Å². The van der Waals surface area contributed by atoms with Crippen LogP contribution in [0.5, 0.6) is 0 Å². The van der Waals surface area contributed by atoms with Crippen LogP contribution in [0.25, 0.3) is 5.69 Å². The number of hydrogen-bond donors (Lipinski definition) is 2. The van der Waals surface area contributed by atoms with Gasteiger partial charge < -0.3 is 15.3 Å².